The van der Waals surface area contributed by atoms with E-state index in [9.17, 15) is 4.79 Å². The highest BCUT2D eigenvalue weighted by Crippen LogP contribution is 2.30. The van der Waals surface area contributed by atoms with Crippen molar-refractivity contribution in [3.05, 3.63) is 59.1 Å². The van der Waals surface area contributed by atoms with E-state index in [1.165, 1.54) is 4.70 Å². The number of carbonyl (C=O) groups excluding carboxylic acids is 1. The Bertz CT molecular complexity index is 1070. The fourth-order valence-corrected chi connectivity index (χ4v) is 4.87. The van der Waals surface area contributed by atoms with Crippen LogP contribution < -0.4 is 9.47 Å². The molecular formula is C24H25N3O3S. The molecule has 0 unspecified atom stereocenters. The summed E-state index contributed by atoms with van der Waals surface area (Å²) >= 11 is 1.75. The second-order valence-corrected chi connectivity index (χ2v) is 8.88. The number of ether oxygens (including phenoxy) is 2. The third kappa shape index (κ3) is 4.73. The van der Waals surface area contributed by atoms with Gasteiger partial charge in [0, 0.05) is 38.7 Å². The van der Waals surface area contributed by atoms with E-state index in [1.807, 2.05) is 35.2 Å². The number of benzene rings is 2. The largest absolute Gasteiger partial charge is 0.490 e. The van der Waals surface area contributed by atoms with Crippen molar-refractivity contribution in [2.45, 2.75) is 13.0 Å². The van der Waals surface area contributed by atoms with E-state index >= 15 is 0 Å². The number of para-hydroxylation sites is 1. The summed E-state index contributed by atoms with van der Waals surface area (Å²) in [5.74, 6) is 1.56. The molecule has 2 aliphatic rings. The predicted octanol–water partition coefficient (Wildman–Crippen LogP) is 3.82. The molecule has 3 aromatic rings. The van der Waals surface area contributed by atoms with E-state index in [0.717, 1.165) is 66.7 Å². The number of hydrogen-bond acceptors (Lipinski definition) is 6. The maximum absolute atomic E-state index is 12.7. The monoisotopic (exact) mass is 435 g/mol. The lowest BCUT2D eigenvalue weighted by molar-refractivity contribution is -0.127. The summed E-state index contributed by atoms with van der Waals surface area (Å²) in [5, 5.41) is 1.13. The number of piperazine rings is 1. The predicted molar refractivity (Wildman–Crippen MR) is 123 cm³/mol. The molecule has 0 N–H and O–H groups in total. The van der Waals surface area contributed by atoms with Crippen LogP contribution in [0.4, 0.5) is 0 Å². The van der Waals surface area contributed by atoms with E-state index in [4.69, 9.17) is 14.5 Å². The molecule has 0 atom stereocenters. The van der Waals surface area contributed by atoms with Gasteiger partial charge in [-0.25, -0.2) is 4.98 Å². The van der Waals surface area contributed by atoms with Gasteiger partial charge in [-0.1, -0.05) is 18.2 Å². The first-order valence-electron chi connectivity index (χ1n) is 10.7. The van der Waals surface area contributed by atoms with Crippen LogP contribution in [-0.2, 0) is 11.3 Å². The van der Waals surface area contributed by atoms with E-state index in [-0.39, 0.29) is 5.91 Å². The number of fused-ring (bicyclic) bond motifs is 2. The highest BCUT2D eigenvalue weighted by atomic mass is 32.1. The van der Waals surface area contributed by atoms with Gasteiger partial charge in [-0.3, -0.25) is 9.69 Å². The number of hydrogen-bond donors (Lipinski definition) is 0. The van der Waals surface area contributed by atoms with E-state index in [1.54, 1.807) is 17.4 Å². The molecule has 0 bridgehead atoms. The van der Waals surface area contributed by atoms with Gasteiger partial charge in [0.15, 0.2) is 11.5 Å². The van der Waals surface area contributed by atoms with Crippen LogP contribution in [0.5, 0.6) is 11.5 Å². The fraction of sp³-hybridized carbons (Fsp3) is 0.333. The van der Waals surface area contributed by atoms with Gasteiger partial charge in [0.05, 0.1) is 30.0 Å². The molecule has 2 aliphatic heterocycles. The van der Waals surface area contributed by atoms with E-state index in [2.05, 4.69) is 23.1 Å². The Morgan fingerprint density at radius 1 is 1.03 bits per heavy atom. The van der Waals surface area contributed by atoms with Crippen LogP contribution in [-0.4, -0.2) is 60.1 Å². The molecule has 7 heteroatoms. The Balaban J connectivity index is 1.15. The summed E-state index contributed by atoms with van der Waals surface area (Å²) in [6.45, 7) is 5.35. The number of nitrogens with zero attached hydrogens (tertiary/aromatic N) is 3. The highest BCUT2D eigenvalue weighted by molar-refractivity contribution is 7.18. The number of rotatable bonds is 4. The number of carbonyl (C=O) groups is 1. The molecule has 0 radical (unpaired) electrons. The van der Waals surface area contributed by atoms with Crippen molar-refractivity contribution in [2.24, 2.45) is 0 Å². The average molecular weight is 436 g/mol. The second kappa shape index (κ2) is 9.08. The molecular weight excluding hydrogens is 410 g/mol. The SMILES string of the molecule is O=C(C=Cc1ccc2c(c1)OCCCO2)N1CCN(Cc2nc3ccccc3s2)CC1. The molecule has 3 heterocycles. The Hall–Kier alpha value is -2.90. The number of aromatic nitrogens is 1. The van der Waals surface area contributed by atoms with Gasteiger partial charge < -0.3 is 14.4 Å². The van der Waals surface area contributed by atoms with Crippen LogP contribution in [0.2, 0.25) is 0 Å². The van der Waals surface area contributed by atoms with Crippen molar-refractivity contribution in [3.8, 4) is 11.5 Å². The average Bonchev–Trinajstić information content (AvgIpc) is 3.06. The summed E-state index contributed by atoms with van der Waals surface area (Å²) in [6, 6.07) is 14.0. The first kappa shape index (κ1) is 20.0. The van der Waals surface area contributed by atoms with Crippen molar-refractivity contribution in [3.63, 3.8) is 0 Å². The maximum Gasteiger partial charge on any atom is 0.246 e. The standard InChI is InChI=1S/C24H25N3O3S/c28-24(9-7-18-6-8-20-21(16-18)30-15-3-14-29-20)27-12-10-26(11-13-27)17-23-25-19-4-1-2-5-22(19)31-23/h1-2,4-9,16H,3,10-15,17H2. The lowest BCUT2D eigenvalue weighted by Crippen LogP contribution is -2.47. The molecule has 6 nitrogen and oxygen atoms in total. The summed E-state index contributed by atoms with van der Waals surface area (Å²) in [7, 11) is 0. The Morgan fingerprint density at radius 3 is 2.68 bits per heavy atom. The summed E-state index contributed by atoms with van der Waals surface area (Å²) in [4.78, 5) is 21.7. The molecule has 2 aromatic carbocycles. The zero-order valence-corrected chi connectivity index (χ0v) is 18.1. The zero-order chi connectivity index (χ0) is 21.0. The van der Waals surface area contributed by atoms with Crippen LogP contribution in [0.3, 0.4) is 0 Å². The van der Waals surface area contributed by atoms with Crippen molar-refractivity contribution in [2.75, 3.05) is 39.4 Å². The molecule has 1 aromatic heterocycles. The van der Waals surface area contributed by atoms with Crippen molar-refractivity contribution >= 4 is 33.5 Å². The molecule has 1 saturated heterocycles. The van der Waals surface area contributed by atoms with Crippen molar-refractivity contribution < 1.29 is 14.3 Å². The molecule has 5 rings (SSSR count). The highest BCUT2D eigenvalue weighted by Gasteiger charge is 2.20. The van der Waals surface area contributed by atoms with Gasteiger partial charge in [-0.15, -0.1) is 11.3 Å². The third-order valence-electron chi connectivity index (χ3n) is 5.57. The molecule has 31 heavy (non-hydrogen) atoms. The molecule has 1 amide bonds. The van der Waals surface area contributed by atoms with Crippen molar-refractivity contribution in [1.82, 2.24) is 14.8 Å². The minimum atomic E-state index is 0.0479. The normalized spacial score (nSPS) is 17.2. The second-order valence-electron chi connectivity index (χ2n) is 7.77. The van der Waals surface area contributed by atoms with Crippen molar-refractivity contribution in [1.29, 1.82) is 0 Å². The van der Waals surface area contributed by atoms with Gasteiger partial charge in [0.2, 0.25) is 5.91 Å². The third-order valence-corrected chi connectivity index (χ3v) is 6.59. The first-order chi connectivity index (χ1) is 15.2. The Labute approximate surface area is 185 Å². The topological polar surface area (TPSA) is 54.9 Å². The lowest BCUT2D eigenvalue weighted by atomic mass is 10.2. The summed E-state index contributed by atoms with van der Waals surface area (Å²) < 4.78 is 12.6. The van der Waals surface area contributed by atoms with Gasteiger partial charge in [-0.2, -0.15) is 0 Å². The van der Waals surface area contributed by atoms with Crippen LogP contribution in [0.15, 0.2) is 48.5 Å². The Kier molecular flexibility index (Phi) is 5.86. The van der Waals surface area contributed by atoms with Crippen LogP contribution in [0, 0.1) is 0 Å². The van der Waals surface area contributed by atoms with Gasteiger partial charge >= 0.3 is 0 Å². The summed E-state index contributed by atoms with van der Waals surface area (Å²) in [6.07, 6.45) is 4.39. The maximum atomic E-state index is 12.7. The molecule has 1 fully saturated rings. The zero-order valence-electron chi connectivity index (χ0n) is 17.3. The minimum absolute atomic E-state index is 0.0479. The van der Waals surface area contributed by atoms with Crippen LogP contribution in [0.1, 0.15) is 17.0 Å². The van der Waals surface area contributed by atoms with E-state index < -0.39 is 0 Å². The van der Waals surface area contributed by atoms with Crippen LogP contribution >= 0.6 is 11.3 Å². The molecule has 0 saturated carbocycles. The van der Waals surface area contributed by atoms with Crippen LogP contribution in [0.25, 0.3) is 16.3 Å². The van der Waals surface area contributed by atoms with E-state index in [0.29, 0.717) is 13.2 Å². The first-order valence-corrected chi connectivity index (χ1v) is 11.5. The summed E-state index contributed by atoms with van der Waals surface area (Å²) in [5.41, 5.74) is 2.00. The minimum Gasteiger partial charge on any atom is -0.490 e. The molecule has 0 aliphatic carbocycles. The van der Waals surface area contributed by atoms with Gasteiger partial charge in [0.1, 0.15) is 5.01 Å². The number of thiazole rings is 1. The Morgan fingerprint density at radius 2 is 1.84 bits per heavy atom. The van der Waals surface area contributed by atoms with Gasteiger partial charge in [-0.05, 0) is 35.9 Å². The lowest BCUT2D eigenvalue weighted by Gasteiger charge is -2.33. The fourth-order valence-electron chi connectivity index (χ4n) is 3.86. The quantitative estimate of drug-likeness (QED) is 0.584. The molecule has 0 spiro atoms. The van der Waals surface area contributed by atoms with Gasteiger partial charge in [0.25, 0.3) is 0 Å². The smallest absolute Gasteiger partial charge is 0.246 e. The number of amides is 1. The molecule has 160 valence electrons.